The Morgan fingerprint density at radius 2 is 1.74 bits per heavy atom. The van der Waals surface area contributed by atoms with Crippen LogP contribution in [0.5, 0.6) is 0 Å². The van der Waals surface area contributed by atoms with Crippen LogP contribution in [0.1, 0.15) is 33.1 Å². The van der Waals surface area contributed by atoms with E-state index < -0.39 is 0 Å². The zero-order valence-electron chi connectivity index (χ0n) is 11.7. The summed E-state index contributed by atoms with van der Waals surface area (Å²) in [5.41, 5.74) is 5.86. The van der Waals surface area contributed by atoms with Crippen molar-refractivity contribution in [2.45, 2.75) is 39.2 Å². The molecular weight excluding hydrogens is 240 g/mol. The first kappa shape index (κ1) is 12.4. The lowest BCUT2D eigenvalue weighted by molar-refractivity contribution is 0.624. The van der Waals surface area contributed by atoms with Crippen LogP contribution in [0.4, 0.5) is 17.8 Å². The molecule has 104 valence electrons. The zero-order valence-corrected chi connectivity index (χ0v) is 11.7. The van der Waals surface area contributed by atoms with Crippen LogP contribution in [0.25, 0.3) is 0 Å². The number of hydrogen-bond acceptors (Lipinski definition) is 6. The lowest BCUT2D eigenvalue weighted by Crippen LogP contribution is -2.30. The van der Waals surface area contributed by atoms with Gasteiger partial charge in [-0.3, -0.25) is 0 Å². The van der Waals surface area contributed by atoms with Crippen LogP contribution in [-0.4, -0.2) is 40.6 Å². The predicted octanol–water partition coefficient (Wildman–Crippen LogP) is 1.29. The molecule has 2 aliphatic rings. The van der Waals surface area contributed by atoms with E-state index in [1.54, 1.807) is 0 Å². The molecule has 6 heteroatoms. The molecule has 6 nitrogen and oxygen atoms in total. The minimum Gasteiger partial charge on any atom is -0.368 e. The normalized spacial score (nSPS) is 27.3. The topological polar surface area (TPSA) is 71.2 Å². The van der Waals surface area contributed by atoms with Gasteiger partial charge >= 0.3 is 0 Å². The summed E-state index contributed by atoms with van der Waals surface area (Å²) in [6, 6.07) is 0.475. The predicted molar refractivity (Wildman–Crippen MR) is 76.3 cm³/mol. The highest BCUT2D eigenvalue weighted by Gasteiger charge is 2.29. The van der Waals surface area contributed by atoms with Crippen LogP contribution in [0.2, 0.25) is 0 Å². The van der Waals surface area contributed by atoms with E-state index in [0.717, 1.165) is 31.5 Å². The third-order valence-electron chi connectivity index (χ3n) is 4.06. The van der Waals surface area contributed by atoms with E-state index in [0.29, 0.717) is 17.9 Å². The summed E-state index contributed by atoms with van der Waals surface area (Å²) >= 11 is 0. The Hall–Kier alpha value is -1.59. The number of nitrogens with zero attached hydrogens (tertiary/aromatic N) is 5. The monoisotopic (exact) mass is 262 g/mol. The first-order valence-electron chi connectivity index (χ1n) is 7.16. The van der Waals surface area contributed by atoms with Gasteiger partial charge in [0.05, 0.1) is 0 Å². The Labute approximate surface area is 114 Å². The van der Waals surface area contributed by atoms with Gasteiger partial charge < -0.3 is 15.5 Å². The summed E-state index contributed by atoms with van der Waals surface area (Å²) in [4.78, 5) is 17.7. The number of rotatable bonds is 2. The van der Waals surface area contributed by atoms with Gasteiger partial charge in [-0.25, -0.2) is 0 Å². The van der Waals surface area contributed by atoms with Crippen molar-refractivity contribution in [1.82, 2.24) is 15.0 Å². The molecule has 2 fully saturated rings. The highest BCUT2D eigenvalue weighted by Crippen LogP contribution is 2.28. The summed E-state index contributed by atoms with van der Waals surface area (Å²) < 4.78 is 0. The summed E-state index contributed by atoms with van der Waals surface area (Å²) in [6.07, 6.45) is 3.60. The van der Waals surface area contributed by atoms with Gasteiger partial charge in [-0.05, 0) is 32.1 Å². The van der Waals surface area contributed by atoms with Gasteiger partial charge in [0.15, 0.2) is 0 Å². The molecule has 0 aromatic carbocycles. The van der Waals surface area contributed by atoms with Crippen molar-refractivity contribution in [2.24, 2.45) is 5.92 Å². The summed E-state index contributed by atoms with van der Waals surface area (Å²) in [5, 5.41) is 0. The van der Waals surface area contributed by atoms with Crippen LogP contribution < -0.4 is 15.5 Å². The maximum Gasteiger partial charge on any atom is 0.232 e. The number of aromatic nitrogens is 3. The molecule has 0 amide bonds. The number of hydrogen-bond donors (Lipinski definition) is 1. The molecule has 1 aromatic rings. The fourth-order valence-electron chi connectivity index (χ4n) is 3.13. The van der Waals surface area contributed by atoms with Crippen LogP contribution in [0.3, 0.4) is 0 Å². The van der Waals surface area contributed by atoms with Crippen molar-refractivity contribution >= 4 is 17.8 Å². The summed E-state index contributed by atoms with van der Waals surface area (Å²) in [7, 11) is 0. The number of nitrogen functional groups attached to an aromatic ring is 1. The van der Waals surface area contributed by atoms with E-state index in [2.05, 4.69) is 38.6 Å². The Kier molecular flexibility index (Phi) is 3.16. The molecule has 3 rings (SSSR count). The van der Waals surface area contributed by atoms with Gasteiger partial charge in [0.2, 0.25) is 17.8 Å². The van der Waals surface area contributed by atoms with Crippen molar-refractivity contribution < 1.29 is 0 Å². The Bertz CT molecular complexity index is 456. The van der Waals surface area contributed by atoms with E-state index in [4.69, 9.17) is 5.73 Å². The van der Waals surface area contributed by atoms with Crippen LogP contribution >= 0.6 is 0 Å². The SMILES string of the molecule is CC1CC(C)N(c2nc(N)nc(N3CCCC3)n2)C1. The Balaban J connectivity index is 1.89. The first-order valence-corrected chi connectivity index (χ1v) is 7.16. The van der Waals surface area contributed by atoms with Crippen LogP contribution in [0.15, 0.2) is 0 Å². The van der Waals surface area contributed by atoms with Crippen LogP contribution in [-0.2, 0) is 0 Å². The van der Waals surface area contributed by atoms with Gasteiger partial charge in [0.25, 0.3) is 0 Å². The standard InChI is InChI=1S/C13H22N6/c1-9-7-10(2)19(8-9)13-16-11(14)15-12(17-13)18-5-3-4-6-18/h9-10H,3-8H2,1-2H3,(H2,14,15,16,17). The van der Waals surface area contributed by atoms with Crippen molar-refractivity contribution in [3.63, 3.8) is 0 Å². The van der Waals surface area contributed by atoms with Gasteiger partial charge in [-0.15, -0.1) is 0 Å². The molecular formula is C13H22N6. The van der Waals surface area contributed by atoms with Gasteiger partial charge in [0.1, 0.15) is 0 Å². The minimum absolute atomic E-state index is 0.332. The smallest absolute Gasteiger partial charge is 0.232 e. The second kappa shape index (κ2) is 4.83. The molecule has 3 heterocycles. The molecule has 0 bridgehead atoms. The summed E-state index contributed by atoms with van der Waals surface area (Å²) in [6.45, 7) is 7.54. The van der Waals surface area contributed by atoms with Gasteiger partial charge in [-0.1, -0.05) is 6.92 Å². The van der Waals surface area contributed by atoms with Crippen molar-refractivity contribution in [1.29, 1.82) is 0 Å². The molecule has 2 saturated heterocycles. The highest BCUT2D eigenvalue weighted by atomic mass is 15.4. The fourth-order valence-corrected chi connectivity index (χ4v) is 3.13. The molecule has 2 unspecified atom stereocenters. The Morgan fingerprint density at radius 3 is 2.37 bits per heavy atom. The highest BCUT2D eigenvalue weighted by molar-refractivity contribution is 5.45. The van der Waals surface area contributed by atoms with E-state index in [-0.39, 0.29) is 0 Å². The van der Waals surface area contributed by atoms with Crippen molar-refractivity contribution in [3.05, 3.63) is 0 Å². The van der Waals surface area contributed by atoms with Gasteiger partial charge in [0, 0.05) is 25.7 Å². The van der Waals surface area contributed by atoms with Gasteiger partial charge in [-0.2, -0.15) is 15.0 Å². The maximum absolute atomic E-state index is 5.86. The second-order valence-electron chi connectivity index (χ2n) is 5.83. The molecule has 0 saturated carbocycles. The molecule has 0 aliphatic carbocycles. The zero-order chi connectivity index (χ0) is 13.4. The molecule has 0 radical (unpaired) electrons. The molecule has 2 atom stereocenters. The molecule has 2 N–H and O–H groups in total. The molecule has 2 aliphatic heterocycles. The maximum atomic E-state index is 5.86. The lowest BCUT2D eigenvalue weighted by Gasteiger charge is -2.23. The second-order valence-corrected chi connectivity index (χ2v) is 5.83. The quantitative estimate of drug-likeness (QED) is 0.866. The largest absolute Gasteiger partial charge is 0.368 e. The average Bonchev–Trinajstić information content (AvgIpc) is 2.98. The fraction of sp³-hybridized carbons (Fsp3) is 0.769. The van der Waals surface area contributed by atoms with Crippen LogP contribution in [0, 0.1) is 5.92 Å². The van der Waals surface area contributed by atoms with E-state index in [9.17, 15) is 0 Å². The number of anilines is 3. The molecule has 1 aromatic heterocycles. The third-order valence-corrected chi connectivity index (χ3v) is 4.06. The summed E-state index contributed by atoms with van der Waals surface area (Å²) in [5.74, 6) is 2.50. The van der Waals surface area contributed by atoms with Crippen molar-refractivity contribution in [2.75, 3.05) is 35.2 Å². The third kappa shape index (κ3) is 2.43. The Morgan fingerprint density at radius 1 is 1.05 bits per heavy atom. The minimum atomic E-state index is 0.332. The first-order chi connectivity index (χ1) is 9.13. The van der Waals surface area contributed by atoms with E-state index in [1.165, 1.54) is 19.3 Å². The van der Waals surface area contributed by atoms with E-state index >= 15 is 0 Å². The lowest BCUT2D eigenvalue weighted by atomic mass is 10.1. The average molecular weight is 262 g/mol. The van der Waals surface area contributed by atoms with E-state index in [1.807, 2.05) is 0 Å². The molecule has 0 spiro atoms. The molecule has 19 heavy (non-hydrogen) atoms. The van der Waals surface area contributed by atoms with Crippen molar-refractivity contribution in [3.8, 4) is 0 Å². The number of nitrogens with two attached hydrogens (primary N) is 1.